The molecule has 0 aliphatic rings. The van der Waals surface area contributed by atoms with E-state index in [1.165, 1.54) is 0 Å². The summed E-state index contributed by atoms with van der Waals surface area (Å²) in [6, 6.07) is 17.7. The van der Waals surface area contributed by atoms with Crippen molar-refractivity contribution >= 4 is 16.9 Å². The molecule has 0 saturated heterocycles. The number of rotatable bonds is 8. The lowest BCUT2D eigenvalue weighted by Crippen LogP contribution is -2.28. The van der Waals surface area contributed by atoms with E-state index in [9.17, 15) is 9.90 Å². The standard InChI is InChI=1S/C27H23N5O4/c1-35-27-20(5-3-11-30-27)17-7-9-24(33)21(14-17)25-31-22-8-6-18(15-23(22)32-25)26(34)29-12-13-36-19-4-2-10-28-16-19/h2-11,14-16,33H,12-13H2,1H3,(H,29,34)(H,31,32). The summed E-state index contributed by atoms with van der Waals surface area (Å²) < 4.78 is 10.9. The summed E-state index contributed by atoms with van der Waals surface area (Å²) in [4.78, 5) is 28.7. The number of aromatic nitrogens is 4. The third-order valence-corrected chi connectivity index (χ3v) is 5.56. The predicted molar refractivity (Wildman–Crippen MR) is 135 cm³/mol. The number of carbonyl (C=O) groups is 1. The number of H-pyrrole nitrogens is 1. The van der Waals surface area contributed by atoms with Crippen molar-refractivity contribution in [2.24, 2.45) is 0 Å². The molecule has 2 aromatic carbocycles. The summed E-state index contributed by atoms with van der Waals surface area (Å²) in [5, 5.41) is 13.4. The highest BCUT2D eigenvalue weighted by molar-refractivity contribution is 5.97. The Bertz CT molecular complexity index is 1520. The molecule has 0 unspecified atom stereocenters. The third kappa shape index (κ3) is 4.80. The fourth-order valence-corrected chi connectivity index (χ4v) is 3.81. The third-order valence-electron chi connectivity index (χ3n) is 5.56. The monoisotopic (exact) mass is 481 g/mol. The average Bonchev–Trinajstić information content (AvgIpc) is 3.35. The van der Waals surface area contributed by atoms with Crippen molar-refractivity contribution in [1.82, 2.24) is 25.3 Å². The lowest BCUT2D eigenvalue weighted by Gasteiger charge is -2.09. The number of amides is 1. The van der Waals surface area contributed by atoms with Crippen LogP contribution in [0, 0.1) is 0 Å². The molecule has 5 rings (SSSR count). The zero-order chi connectivity index (χ0) is 24.9. The molecule has 0 radical (unpaired) electrons. The van der Waals surface area contributed by atoms with Gasteiger partial charge in [-0.25, -0.2) is 9.97 Å². The largest absolute Gasteiger partial charge is 0.507 e. The van der Waals surface area contributed by atoms with Gasteiger partial charge in [0.05, 0.1) is 36.4 Å². The number of methoxy groups -OCH3 is 1. The number of hydrogen-bond acceptors (Lipinski definition) is 7. The van der Waals surface area contributed by atoms with Crippen LogP contribution >= 0.6 is 0 Å². The summed E-state index contributed by atoms with van der Waals surface area (Å²) in [6.45, 7) is 0.670. The number of benzene rings is 2. The minimum Gasteiger partial charge on any atom is -0.507 e. The van der Waals surface area contributed by atoms with Crippen LogP contribution in [0.4, 0.5) is 0 Å². The Morgan fingerprint density at radius 2 is 1.94 bits per heavy atom. The van der Waals surface area contributed by atoms with E-state index in [0.29, 0.717) is 52.8 Å². The molecule has 9 heteroatoms. The number of aromatic amines is 1. The van der Waals surface area contributed by atoms with E-state index >= 15 is 0 Å². The van der Waals surface area contributed by atoms with E-state index in [1.807, 2.05) is 18.2 Å². The van der Waals surface area contributed by atoms with Crippen LogP contribution in [0.25, 0.3) is 33.5 Å². The van der Waals surface area contributed by atoms with E-state index in [-0.39, 0.29) is 11.7 Å². The van der Waals surface area contributed by atoms with Gasteiger partial charge in [-0.1, -0.05) is 6.07 Å². The van der Waals surface area contributed by atoms with Crippen molar-refractivity contribution in [2.45, 2.75) is 0 Å². The van der Waals surface area contributed by atoms with Crippen LogP contribution in [0.2, 0.25) is 0 Å². The molecule has 3 heterocycles. The van der Waals surface area contributed by atoms with Gasteiger partial charge in [-0.15, -0.1) is 0 Å². The Balaban J connectivity index is 1.34. The van der Waals surface area contributed by atoms with Crippen LogP contribution in [0.1, 0.15) is 10.4 Å². The number of fused-ring (bicyclic) bond motifs is 1. The van der Waals surface area contributed by atoms with Gasteiger partial charge in [0.25, 0.3) is 5.91 Å². The molecule has 0 atom stereocenters. The quantitative estimate of drug-likeness (QED) is 0.284. The second-order valence-electron chi connectivity index (χ2n) is 7.90. The van der Waals surface area contributed by atoms with E-state index < -0.39 is 0 Å². The highest BCUT2D eigenvalue weighted by atomic mass is 16.5. The van der Waals surface area contributed by atoms with Crippen molar-refractivity contribution in [3.63, 3.8) is 0 Å². The zero-order valence-electron chi connectivity index (χ0n) is 19.4. The molecule has 0 fully saturated rings. The molecular formula is C27H23N5O4. The van der Waals surface area contributed by atoms with Crippen molar-refractivity contribution in [2.75, 3.05) is 20.3 Å². The van der Waals surface area contributed by atoms with Gasteiger partial charge in [0.15, 0.2) is 0 Å². The van der Waals surface area contributed by atoms with Crippen LogP contribution in [-0.2, 0) is 0 Å². The first kappa shape index (κ1) is 22.9. The van der Waals surface area contributed by atoms with Gasteiger partial charge in [-0.05, 0) is 60.2 Å². The van der Waals surface area contributed by atoms with Crippen molar-refractivity contribution in [1.29, 1.82) is 0 Å². The molecule has 3 aromatic heterocycles. The van der Waals surface area contributed by atoms with E-state index in [2.05, 4.69) is 25.3 Å². The molecule has 0 saturated carbocycles. The maximum absolute atomic E-state index is 12.6. The first-order chi connectivity index (χ1) is 17.6. The molecule has 180 valence electrons. The maximum atomic E-state index is 12.6. The van der Waals surface area contributed by atoms with E-state index in [0.717, 1.165) is 11.1 Å². The molecular weight excluding hydrogens is 458 g/mol. The van der Waals surface area contributed by atoms with Crippen LogP contribution < -0.4 is 14.8 Å². The molecule has 3 N–H and O–H groups in total. The number of carbonyl (C=O) groups excluding carboxylic acids is 1. The Labute approximate surface area is 206 Å². The smallest absolute Gasteiger partial charge is 0.251 e. The van der Waals surface area contributed by atoms with Crippen molar-refractivity contribution < 1.29 is 19.4 Å². The van der Waals surface area contributed by atoms with Gasteiger partial charge in [-0.2, -0.15) is 0 Å². The molecule has 0 spiro atoms. The SMILES string of the molecule is COc1ncccc1-c1ccc(O)c(-c2nc3ccc(C(=O)NCCOc4cccnc4)cc3[nH]2)c1. The minimum absolute atomic E-state index is 0.0762. The Morgan fingerprint density at radius 1 is 1.06 bits per heavy atom. The predicted octanol–water partition coefficient (Wildman–Crippen LogP) is 4.21. The molecule has 9 nitrogen and oxygen atoms in total. The summed E-state index contributed by atoms with van der Waals surface area (Å²) in [7, 11) is 1.56. The number of ether oxygens (including phenoxy) is 2. The molecule has 0 aliphatic heterocycles. The highest BCUT2D eigenvalue weighted by Crippen LogP contribution is 2.35. The topological polar surface area (TPSA) is 122 Å². The summed E-state index contributed by atoms with van der Waals surface area (Å²) >= 11 is 0. The van der Waals surface area contributed by atoms with Gasteiger partial charge in [0.1, 0.15) is 23.9 Å². The first-order valence-corrected chi connectivity index (χ1v) is 11.3. The average molecular weight is 482 g/mol. The number of nitrogens with zero attached hydrogens (tertiary/aromatic N) is 3. The van der Waals surface area contributed by atoms with Gasteiger partial charge in [-0.3, -0.25) is 9.78 Å². The van der Waals surface area contributed by atoms with Gasteiger partial charge in [0, 0.05) is 23.5 Å². The lowest BCUT2D eigenvalue weighted by atomic mass is 10.0. The second-order valence-corrected chi connectivity index (χ2v) is 7.90. The lowest BCUT2D eigenvalue weighted by molar-refractivity contribution is 0.0947. The number of phenols is 1. The van der Waals surface area contributed by atoms with Gasteiger partial charge < -0.3 is 24.9 Å². The number of pyridine rings is 2. The highest BCUT2D eigenvalue weighted by Gasteiger charge is 2.15. The number of phenolic OH excluding ortho intramolecular Hbond substituents is 1. The van der Waals surface area contributed by atoms with Crippen LogP contribution in [0.5, 0.6) is 17.4 Å². The molecule has 1 amide bonds. The normalized spacial score (nSPS) is 10.8. The van der Waals surface area contributed by atoms with E-state index in [4.69, 9.17) is 9.47 Å². The minimum atomic E-state index is -0.226. The summed E-state index contributed by atoms with van der Waals surface area (Å²) in [6.07, 6.45) is 4.94. The van der Waals surface area contributed by atoms with Crippen LogP contribution in [-0.4, -0.2) is 51.2 Å². The second kappa shape index (κ2) is 10.1. The first-order valence-electron chi connectivity index (χ1n) is 11.3. The number of aromatic hydroxyl groups is 1. The van der Waals surface area contributed by atoms with Crippen molar-refractivity contribution in [3.8, 4) is 39.9 Å². The summed E-state index contributed by atoms with van der Waals surface area (Å²) in [5.74, 6) is 1.46. The van der Waals surface area contributed by atoms with Gasteiger partial charge >= 0.3 is 0 Å². The number of nitrogens with one attached hydrogen (secondary N) is 2. The molecule has 0 bridgehead atoms. The zero-order valence-corrected chi connectivity index (χ0v) is 19.4. The molecule has 36 heavy (non-hydrogen) atoms. The van der Waals surface area contributed by atoms with E-state index in [1.54, 1.807) is 68.2 Å². The van der Waals surface area contributed by atoms with Crippen LogP contribution in [0.3, 0.4) is 0 Å². The van der Waals surface area contributed by atoms with Gasteiger partial charge in [0.2, 0.25) is 5.88 Å². The summed E-state index contributed by atoms with van der Waals surface area (Å²) in [5.41, 5.74) is 3.97. The number of imidazole rings is 1. The molecule has 0 aliphatic carbocycles. The molecule has 5 aromatic rings. The Hall–Kier alpha value is -4.92. The fraction of sp³-hybridized carbons (Fsp3) is 0.111. The number of hydrogen-bond donors (Lipinski definition) is 3. The Kier molecular flexibility index (Phi) is 6.44. The Morgan fingerprint density at radius 3 is 2.78 bits per heavy atom. The maximum Gasteiger partial charge on any atom is 0.251 e. The van der Waals surface area contributed by atoms with Crippen molar-refractivity contribution in [3.05, 3.63) is 84.8 Å². The fourth-order valence-electron chi connectivity index (χ4n) is 3.81. The van der Waals surface area contributed by atoms with Crippen LogP contribution in [0.15, 0.2) is 79.3 Å².